The molecule has 2 rings (SSSR count). The van der Waals surface area contributed by atoms with Gasteiger partial charge in [0, 0.05) is 0 Å². The van der Waals surface area contributed by atoms with Gasteiger partial charge in [-0.1, -0.05) is 6.92 Å². The van der Waals surface area contributed by atoms with Gasteiger partial charge >= 0.3 is 0 Å². The van der Waals surface area contributed by atoms with Crippen molar-refractivity contribution in [2.75, 3.05) is 13.7 Å². The molecule has 0 radical (unpaired) electrons. The van der Waals surface area contributed by atoms with Crippen LogP contribution in [-0.2, 0) is 0 Å². The molecular formula is C13H18N2OS. The predicted octanol–water partition coefficient (Wildman–Crippen LogP) is 3.37. The number of benzene rings is 1. The number of thiazole rings is 1. The second-order valence-corrected chi connectivity index (χ2v) is 5.12. The fraction of sp³-hybridized carbons (Fsp3) is 0.462. The molecule has 2 aromatic rings. The smallest absolute Gasteiger partial charge is 0.120 e. The Morgan fingerprint density at radius 3 is 3.00 bits per heavy atom. The van der Waals surface area contributed by atoms with Crippen molar-refractivity contribution in [3.05, 3.63) is 23.2 Å². The Morgan fingerprint density at radius 1 is 1.47 bits per heavy atom. The average molecular weight is 250 g/mol. The van der Waals surface area contributed by atoms with Crippen LogP contribution in [0.4, 0.5) is 0 Å². The van der Waals surface area contributed by atoms with E-state index in [0.717, 1.165) is 29.2 Å². The average Bonchev–Trinajstić information content (AvgIpc) is 2.78. The zero-order valence-corrected chi connectivity index (χ0v) is 11.3. The van der Waals surface area contributed by atoms with Crippen LogP contribution < -0.4 is 10.1 Å². The maximum Gasteiger partial charge on any atom is 0.120 e. The fourth-order valence-electron chi connectivity index (χ4n) is 1.68. The fourth-order valence-corrected chi connectivity index (χ4v) is 2.71. The summed E-state index contributed by atoms with van der Waals surface area (Å²) in [6.07, 6.45) is 1.14. The minimum absolute atomic E-state index is 0.318. The number of nitrogens with one attached hydrogen (secondary N) is 1. The summed E-state index contributed by atoms with van der Waals surface area (Å²) in [4.78, 5) is 4.64. The highest BCUT2D eigenvalue weighted by Crippen LogP contribution is 2.29. The van der Waals surface area contributed by atoms with Crippen LogP contribution in [-0.4, -0.2) is 18.6 Å². The summed E-state index contributed by atoms with van der Waals surface area (Å²) in [7, 11) is 1.69. The third kappa shape index (κ3) is 2.76. The molecule has 0 aliphatic rings. The van der Waals surface area contributed by atoms with Crippen LogP contribution in [0, 0.1) is 0 Å². The SMILES string of the molecule is CCCNC(C)c1nc2ccc(OC)cc2s1. The van der Waals surface area contributed by atoms with E-state index in [1.807, 2.05) is 18.2 Å². The number of rotatable bonds is 5. The third-order valence-electron chi connectivity index (χ3n) is 2.68. The highest BCUT2D eigenvalue weighted by Gasteiger charge is 2.10. The van der Waals surface area contributed by atoms with E-state index >= 15 is 0 Å². The Labute approximate surface area is 106 Å². The van der Waals surface area contributed by atoms with Gasteiger partial charge in [-0.15, -0.1) is 11.3 Å². The monoisotopic (exact) mass is 250 g/mol. The van der Waals surface area contributed by atoms with Crippen molar-refractivity contribution in [3.8, 4) is 5.75 Å². The van der Waals surface area contributed by atoms with Crippen molar-refractivity contribution in [1.82, 2.24) is 10.3 Å². The first-order valence-corrected chi connectivity index (χ1v) is 6.74. The Morgan fingerprint density at radius 2 is 2.29 bits per heavy atom. The lowest BCUT2D eigenvalue weighted by atomic mass is 10.3. The summed E-state index contributed by atoms with van der Waals surface area (Å²) in [5.41, 5.74) is 1.05. The van der Waals surface area contributed by atoms with Gasteiger partial charge in [0.2, 0.25) is 0 Å². The largest absolute Gasteiger partial charge is 0.497 e. The molecular weight excluding hydrogens is 232 g/mol. The molecule has 0 fully saturated rings. The summed E-state index contributed by atoms with van der Waals surface area (Å²) in [5, 5.41) is 4.60. The van der Waals surface area contributed by atoms with Crippen molar-refractivity contribution in [2.24, 2.45) is 0 Å². The molecule has 4 heteroatoms. The zero-order chi connectivity index (χ0) is 12.3. The number of hydrogen-bond acceptors (Lipinski definition) is 4. The van der Waals surface area contributed by atoms with Crippen LogP contribution >= 0.6 is 11.3 Å². The van der Waals surface area contributed by atoms with Gasteiger partial charge < -0.3 is 10.1 Å². The van der Waals surface area contributed by atoms with Crippen molar-refractivity contribution in [2.45, 2.75) is 26.3 Å². The Balaban J connectivity index is 2.24. The van der Waals surface area contributed by atoms with Crippen LogP contribution in [0.15, 0.2) is 18.2 Å². The van der Waals surface area contributed by atoms with E-state index < -0.39 is 0 Å². The molecule has 0 spiro atoms. The molecule has 0 amide bonds. The first-order valence-electron chi connectivity index (χ1n) is 5.92. The first kappa shape index (κ1) is 12.3. The van der Waals surface area contributed by atoms with Crippen molar-refractivity contribution >= 4 is 21.6 Å². The van der Waals surface area contributed by atoms with E-state index in [2.05, 4.69) is 24.1 Å². The Kier molecular flexibility index (Phi) is 3.97. The number of ether oxygens (including phenoxy) is 1. The number of nitrogens with zero attached hydrogens (tertiary/aromatic N) is 1. The number of hydrogen-bond donors (Lipinski definition) is 1. The van der Waals surface area contributed by atoms with Gasteiger partial charge in [-0.2, -0.15) is 0 Å². The van der Waals surface area contributed by atoms with Crippen molar-refractivity contribution < 1.29 is 4.74 Å². The molecule has 0 bridgehead atoms. The Bertz CT molecular complexity index is 495. The molecule has 0 aliphatic heterocycles. The summed E-state index contributed by atoms with van der Waals surface area (Å²) < 4.78 is 6.40. The lowest BCUT2D eigenvalue weighted by Crippen LogP contribution is -2.18. The highest BCUT2D eigenvalue weighted by molar-refractivity contribution is 7.18. The van der Waals surface area contributed by atoms with Gasteiger partial charge in [0.05, 0.1) is 23.4 Å². The molecule has 0 aliphatic carbocycles. The van der Waals surface area contributed by atoms with Crippen LogP contribution in [0.3, 0.4) is 0 Å². The molecule has 3 nitrogen and oxygen atoms in total. The van der Waals surface area contributed by atoms with E-state index in [0.29, 0.717) is 6.04 Å². The maximum absolute atomic E-state index is 5.22. The normalized spacial score (nSPS) is 12.9. The molecule has 0 saturated heterocycles. The summed E-state index contributed by atoms with van der Waals surface area (Å²) in [5.74, 6) is 0.891. The van der Waals surface area contributed by atoms with E-state index in [4.69, 9.17) is 4.74 Å². The highest BCUT2D eigenvalue weighted by atomic mass is 32.1. The van der Waals surface area contributed by atoms with Gasteiger partial charge in [0.1, 0.15) is 10.8 Å². The number of fused-ring (bicyclic) bond motifs is 1. The lowest BCUT2D eigenvalue weighted by molar-refractivity contribution is 0.415. The van der Waals surface area contributed by atoms with E-state index in [1.54, 1.807) is 18.4 Å². The molecule has 0 saturated carbocycles. The maximum atomic E-state index is 5.22. The molecule has 1 aromatic carbocycles. The molecule has 1 aromatic heterocycles. The molecule has 92 valence electrons. The van der Waals surface area contributed by atoms with Crippen molar-refractivity contribution in [1.29, 1.82) is 0 Å². The van der Waals surface area contributed by atoms with Crippen molar-refractivity contribution in [3.63, 3.8) is 0 Å². The number of methoxy groups -OCH3 is 1. The second-order valence-electron chi connectivity index (χ2n) is 4.06. The lowest BCUT2D eigenvalue weighted by Gasteiger charge is -2.08. The second kappa shape index (κ2) is 5.47. The molecule has 1 heterocycles. The topological polar surface area (TPSA) is 34.2 Å². The molecule has 1 atom stereocenters. The summed E-state index contributed by atoms with van der Waals surface area (Å²) in [6, 6.07) is 6.33. The van der Waals surface area contributed by atoms with Crippen LogP contribution in [0.25, 0.3) is 10.2 Å². The molecule has 1 N–H and O–H groups in total. The van der Waals surface area contributed by atoms with Gasteiger partial charge in [-0.05, 0) is 38.1 Å². The van der Waals surface area contributed by atoms with Gasteiger partial charge in [0.25, 0.3) is 0 Å². The van der Waals surface area contributed by atoms with Gasteiger partial charge in [-0.25, -0.2) is 4.98 Å². The third-order valence-corrected chi connectivity index (χ3v) is 3.88. The van der Waals surface area contributed by atoms with Crippen LogP contribution in [0.5, 0.6) is 5.75 Å². The van der Waals surface area contributed by atoms with Crippen LogP contribution in [0.2, 0.25) is 0 Å². The first-order chi connectivity index (χ1) is 8.24. The molecule has 1 unspecified atom stereocenters. The predicted molar refractivity (Wildman–Crippen MR) is 72.9 cm³/mol. The van der Waals surface area contributed by atoms with E-state index in [1.165, 1.54) is 4.70 Å². The zero-order valence-electron chi connectivity index (χ0n) is 10.5. The van der Waals surface area contributed by atoms with Gasteiger partial charge in [-0.3, -0.25) is 0 Å². The van der Waals surface area contributed by atoms with Gasteiger partial charge in [0.15, 0.2) is 0 Å². The summed E-state index contributed by atoms with van der Waals surface area (Å²) in [6.45, 7) is 5.36. The minimum atomic E-state index is 0.318. The quantitative estimate of drug-likeness (QED) is 0.883. The number of aromatic nitrogens is 1. The molecule has 17 heavy (non-hydrogen) atoms. The van der Waals surface area contributed by atoms with E-state index in [-0.39, 0.29) is 0 Å². The van der Waals surface area contributed by atoms with Crippen LogP contribution in [0.1, 0.15) is 31.3 Å². The van der Waals surface area contributed by atoms with E-state index in [9.17, 15) is 0 Å². The minimum Gasteiger partial charge on any atom is -0.497 e. The summed E-state index contributed by atoms with van der Waals surface area (Å²) >= 11 is 1.73. The standard InChI is InChI=1S/C13H18N2OS/c1-4-7-14-9(2)13-15-11-6-5-10(16-3)8-12(11)17-13/h5-6,8-9,14H,4,7H2,1-3H3. The Hall–Kier alpha value is -1.13.